The van der Waals surface area contributed by atoms with Crippen LogP contribution in [0.2, 0.25) is 0 Å². The van der Waals surface area contributed by atoms with E-state index < -0.39 is 11.9 Å². The molecule has 0 fully saturated rings. The SMILES string of the molecule is CC/C=C\C/C=C\C/C=C\C/C=C\C/C=C\C/C=C\CCC(=O)Oc1ccc(NC(C)=O)cc1C(=O)O. The summed E-state index contributed by atoms with van der Waals surface area (Å²) in [7, 11) is 0. The Morgan fingerprint density at radius 2 is 1.27 bits per heavy atom. The number of esters is 1. The van der Waals surface area contributed by atoms with Gasteiger partial charge in [0, 0.05) is 19.0 Å². The number of ether oxygens (including phenoxy) is 1. The molecule has 6 nitrogen and oxygen atoms in total. The van der Waals surface area contributed by atoms with Crippen LogP contribution in [0.5, 0.6) is 5.75 Å². The highest BCUT2D eigenvalue weighted by molar-refractivity contribution is 5.95. The molecule has 0 aliphatic rings. The van der Waals surface area contributed by atoms with Crippen LogP contribution < -0.4 is 10.1 Å². The number of benzene rings is 1. The van der Waals surface area contributed by atoms with Crippen molar-refractivity contribution >= 4 is 23.5 Å². The average Bonchev–Trinajstić information content (AvgIpc) is 2.86. The van der Waals surface area contributed by atoms with E-state index in [4.69, 9.17) is 4.74 Å². The number of carboxylic acid groups (broad SMARTS) is 1. The highest BCUT2D eigenvalue weighted by Gasteiger charge is 2.15. The van der Waals surface area contributed by atoms with Gasteiger partial charge in [0.1, 0.15) is 11.3 Å². The molecule has 6 heteroatoms. The molecule has 0 unspecified atom stereocenters. The molecule has 1 rings (SSSR count). The molecular formula is C31H39NO5. The third kappa shape index (κ3) is 16.4. The van der Waals surface area contributed by atoms with Crippen molar-refractivity contribution in [2.24, 2.45) is 0 Å². The van der Waals surface area contributed by atoms with Gasteiger partial charge in [-0.05, 0) is 63.1 Å². The molecule has 198 valence electrons. The minimum Gasteiger partial charge on any atom is -0.478 e. The van der Waals surface area contributed by atoms with Gasteiger partial charge in [-0.3, -0.25) is 9.59 Å². The smallest absolute Gasteiger partial charge is 0.339 e. The normalized spacial score (nSPS) is 12.2. The Bertz CT molecular complexity index is 1030. The minimum absolute atomic E-state index is 0.0469. The van der Waals surface area contributed by atoms with Crippen molar-refractivity contribution in [1.29, 1.82) is 0 Å². The second-order valence-corrected chi connectivity index (χ2v) is 8.13. The number of rotatable bonds is 17. The predicted molar refractivity (Wildman–Crippen MR) is 151 cm³/mol. The average molecular weight is 506 g/mol. The third-order valence-corrected chi connectivity index (χ3v) is 4.87. The number of aromatic carboxylic acids is 1. The molecule has 2 N–H and O–H groups in total. The van der Waals surface area contributed by atoms with E-state index >= 15 is 0 Å². The van der Waals surface area contributed by atoms with E-state index in [0.29, 0.717) is 12.1 Å². The molecule has 1 aromatic carbocycles. The van der Waals surface area contributed by atoms with E-state index in [9.17, 15) is 19.5 Å². The highest BCUT2D eigenvalue weighted by Crippen LogP contribution is 2.23. The van der Waals surface area contributed by atoms with Crippen molar-refractivity contribution in [3.63, 3.8) is 0 Å². The van der Waals surface area contributed by atoms with Crippen LogP contribution in [0, 0.1) is 0 Å². The molecule has 0 aliphatic carbocycles. The number of nitrogens with one attached hydrogen (secondary N) is 1. The molecule has 0 saturated heterocycles. The quantitative estimate of drug-likeness (QED) is 0.128. The molecule has 0 radical (unpaired) electrons. The summed E-state index contributed by atoms with van der Waals surface area (Å²) in [6.45, 7) is 3.46. The fourth-order valence-electron chi connectivity index (χ4n) is 3.08. The second kappa shape index (κ2) is 20.3. The van der Waals surface area contributed by atoms with Gasteiger partial charge in [0.15, 0.2) is 0 Å². The van der Waals surface area contributed by atoms with Crippen LogP contribution in [-0.4, -0.2) is 23.0 Å². The van der Waals surface area contributed by atoms with Gasteiger partial charge in [0.2, 0.25) is 5.91 Å². The van der Waals surface area contributed by atoms with Gasteiger partial charge in [-0.25, -0.2) is 4.79 Å². The number of carbonyl (C=O) groups is 3. The van der Waals surface area contributed by atoms with Gasteiger partial charge < -0.3 is 15.2 Å². The summed E-state index contributed by atoms with van der Waals surface area (Å²) in [6, 6.07) is 4.11. The highest BCUT2D eigenvalue weighted by atomic mass is 16.5. The number of allylic oxidation sites excluding steroid dienone is 12. The Balaban J connectivity index is 2.22. The van der Waals surface area contributed by atoms with Crippen LogP contribution in [-0.2, 0) is 9.59 Å². The van der Waals surface area contributed by atoms with Crippen LogP contribution in [0.3, 0.4) is 0 Å². The maximum Gasteiger partial charge on any atom is 0.339 e. The van der Waals surface area contributed by atoms with E-state index in [1.54, 1.807) is 0 Å². The number of hydrogen-bond donors (Lipinski definition) is 2. The molecule has 0 atom stereocenters. The summed E-state index contributed by atoms with van der Waals surface area (Å²) >= 11 is 0. The Morgan fingerprint density at radius 1 is 0.784 bits per heavy atom. The Morgan fingerprint density at radius 3 is 1.73 bits per heavy atom. The lowest BCUT2D eigenvalue weighted by Gasteiger charge is -2.09. The summed E-state index contributed by atoms with van der Waals surface area (Å²) in [5.74, 6) is -2.13. The van der Waals surface area contributed by atoms with E-state index in [0.717, 1.165) is 38.5 Å². The minimum atomic E-state index is -1.24. The first-order valence-corrected chi connectivity index (χ1v) is 12.7. The predicted octanol–water partition coefficient (Wildman–Crippen LogP) is 7.73. The molecule has 37 heavy (non-hydrogen) atoms. The first-order chi connectivity index (χ1) is 17.9. The number of carbonyl (C=O) groups excluding carboxylic acids is 2. The molecule has 1 amide bonds. The first kappa shape index (κ1) is 31.1. The Labute approximate surface area is 220 Å². The van der Waals surface area contributed by atoms with E-state index in [1.807, 2.05) is 12.2 Å². The summed E-state index contributed by atoms with van der Waals surface area (Å²) in [4.78, 5) is 34.7. The van der Waals surface area contributed by atoms with Gasteiger partial charge >= 0.3 is 11.9 Å². The van der Waals surface area contributed by atoms with Gasteiger partial charge in [0.05, 0.1) is 0 Å². The second-order valence-electron chi connectivity index (χ2n) is 8.13. The van der Waals surface area contributed by atoms with Crippen molar-refractivity contribution in [3.8, 4) is 5.75 Å². The molecule has 0 heterocycles. The third-order valence-electron chi connectivity index (χ3n) is 4.87. The molecule has 0 spiro atoms. The fourth-order valence-corrected chi connectivity index (χ4v) is 3.08. The first-order valence-electron chi connectivity index (χ1n) is 12.7. The number of anilines is 1. The number of carboxylic acids is 1. The zero-order valence-electron chi connectivity index (χ0n) is 21.9. The van der Waals surface area contributed by atoms with Crippen molar-refractivity contribution < 1.29 is 24.2 Å². The topological polar surface area (TPSA) is 92.7 Å². The molecular weight excluding hydrogens is 466 g/mol. The van der Waals surface area contributed by atoms with E-state index in [1.165, 1.54) is 25.1 Å². The van der Waals surface area contributed by atoms with E-state index in [2.05, 4.69) is 73.0 Å². The van der Waals surface area contributed by atoms with Crippen LogP contribution in [0.1, 0.15) is 75.6 Å². The van der Waals surface area contributed by atoms with Gasteiger partial charge in [-0.15, -0.1) is 0 Å². The van der Waals surface area contributed by atoms with Gasteiger partial charge in [0.25, 0.3) is 0 Å². The van der Waals surface area contributed by atoms with Gasteiger partial charge in [-0.1, -0.05) is 79.8 Å². The van der Waals surface area contributed by atoms with Crippen LogP contribution >= 0.6 is 0 Å². The van der Waals surface area contributed by atoms with Crippen molar-refractivity contribution in [2.75, 3.05) is 5.32 Å². The summed E-state index contributed by atoms with van der Waals surface area (Å²) in [5, 5.41) is 11.9. The summed E-state index contributed by atoms with van der Waals surface area (Å²) in [6.07, 6.45) is 31.7. The molecule has 0 aliphatic heterocycles. The molecule has 0 aromatic heterocycles. The van der Waals surface area contributed by atoms with Crippen LogP contribution in [0.4, 0.5) is 5.69 Å². The van der Waals surface area contributed by atoms with Crippen molar-refractivity contribution in [3.05, 3.63) is 96.7 Å². The Kier molecular flexibility index (Phi) is 17.0. The molecule has 0 saturated carbocycles. The monoisotopic (exact) mass is 505 g/mol. The summed E-state index contributed by atoms with van der Waals surface area (Å²) in [5.41, 5.74) is 0.135. The zero-order valence-corrected chi connectivity index (χ0v) is 21.9. The lowest BCUT2D eigenvalue weighted by Crippen LogP contribution is -2.12. The van der Waals surface area contributed by atoms with Crippen molar-refractivity contribution in [2.45, 2.75) is 65.2 Å². The maximum absolute atomic E-state index is 12.1. The summed E-state index contributed by atoms with van der Waals surface area (Å²) < 4.78 is 5.21. The van der Waals surface area contributed by atoms with Crippen LogP contribution in [0.15, 0.2) is 91.1 Å². The van der Waals surface area contributed by atoms with Crippen LogP contribution in [0.25, 0.3) is 0 Å². The maximum atomic E-state index is 12.1. The lowest BCUT2D eigenvalue weighted by atomic mass is 10.1. The van der Waals surface area contributed by atoms with Gasteiger partial charge in [-0.2, -0.15) is 0 Å². The Hall–Kier alpha value is -3.93. The van der Waals surface area contributed by atoms with E-state index in [-0.39, 0.29) is 23.6 Å². The van der Waals surface area contributed by atoms with Crippen molar-refractivity contribution in [1.82, 2.24) is 0 Å². The molecule has 1 aromatic rings. The largest absolute Gasteiger partial charge is 0.478 e. The fraction of sp³-hybridized carbons (Fsp3) is 0.323. The molecule has 0 bridgehead atoms. The lowest BCUT2D eigenvalue weighted by molar-refractivity contribution is -0.134. The standard InChI is InChI=1S/C31H39NO5/c1-3-4-5-6-7-8-9-10-11-12-13-14-15-16-17-18-19-20-21-22-30(34)37-29-24-23-27(32-26(2)33)25-28(29)31(35)36/h4-5,7-8,10-11,13-14,16-17,19-20,23-25H,3,6,9,12,15,18,21-22H2,1-2H3,(H,32,33)(H,35,36)/b5-4-,8-7-,11-10-,14-13-,17-16-,20-19-. The number of hydrogen-bond acceptors (Lipinski definition) is 4. The number of amides is 1. The zero-order chi connectivity index (χ0) is 27.1.